The van der Waals surface area contributed by atoms with Gasteiger partial charge in [-0.2, -0.15) is 16.8 Å². The van der Waals surface area contributed by atoms with Crippen molar-refractivity contribution in [2.45, 2.75) is 43.8 Å². The topological polar surface area (TPSA) is 179 Å². The Labute approximate surface area is 203 Å². The molecule has 0 aromatic carbocycles. The first-order valence-electron chi connectivity index (χ1n) is 10.0. The van der Waals surface area contributed by atoms with E-state index in [1.807, 2.05) is 6.92 Å². The Morgan fingerprint density at radius 1 is 1.29 bits per heavy atom. The summed E-state index contributed by atoms with van der Waals surface area (Å²) in [4.78, 5) is 8.66. The summed E-state index contributed by atoms with van der Waals surface area (Å²) < 4.78 is 63.0. The molecule has 1 saturated heterocycles. The second-order valence-electron chi connectivity index (χ2n) is 7.73. The number of aromatic nitrogens is 2. The van der Waals surface area contributed by atoms with Gasteiger partial charge in [-0.05, 0) is 6.42 Å². The molecule has 0 spiro atoms. The Morgan fingerprint density at radius 3 is 2.29 bits per heavy atom. The standard InChI is InChI=1S/C18H29ClN4O9S2/c1-6-7-12(20-3)22-16-13(11(2)19)21-10-23(16)17-14(24)15(25)18(32-17,8-30-33(4,26)27)9-31-34(5,28)29/h10,14-15,17,24-25H,2,6-9H2,1,3-5H3,(H,20,22)/t14-,15?,17+/m0/s1. The lowest BCUT2D eigenvalue weighted by Crippen LogP contribution is -2.51. The fourth-order valence-electron chi connectivity index (χ4n) is 3.21. The van der Waals surface area contributed by atoms with Crippen LogP contribution in [0, 0.1) is 0 Å². The number of nitrogens with one attached hydrogen (secondary N) is 1. The van der Waals surface area contributed by atoms with E-state index in [4.69, 9.17) is 24.7 Å². The molecule has 16 heteroatoms. The van der Waals surface area contributed by atoms with Crippen molar-refractivity contribution in [2.24, 2.45) is 4.99 Å². The minimum Gasteiger partial charge on any atom is -0.387 e. The first kappa shape index (κ1) is 28.6. The summed E-state index contributed by atoms with van der Waals surface area (Å²) in [6.45, 7) is 3.93. The van der Waals surface area contributed by atoms with Crippen molar-refractivity contribution in [1.29, 1.82) is 0 Å². The first-order chi connectivity index (χ1) is 15.6. The van der Waals surface area contributed by atoms with Crippen LogP contribution in [-0.2, 0) is 33.3 Å². The van der Waals surface area contributed by atoms with E-state index in [0.717, 1.165) is 18.9 Å². The second-order valence-corrected chi connectivity index (χ2v) is 11.5. The quantitative estimate of drug-likeness (QED) is 0.195. The van der Waals surface area contributed by atoms with Gasteiger partial charge in [0.05, 0.1) is 23.9 Å². The summed E-state index contributed by atoms with van der Waals surface area (Å²) in [6.07, 6.45) is -0.786. The molecule has 1 aromatic heterocycles. The van der Waals surface area contributed by atoms with E-state index in [0.29, 0.717) is 12.3 Å². The van der Waals surface area contributed by atoms with E-state index in [-0.39, 0.29) is 16.5 Å². The number of amidine groups is 1. The molecule has 0 saturated carbocycles. The molecule has 1 aliphatic rings. The minimum atomic E-state index is -4.02. The molecule has 1 fully saturated rings. The van der Waals surface area contributed by atoms with Gasteiger partial charge in [-0.3, -0.25) is 12.9 Å². The first-order valence-corrected chi connectivity index (χ1v) is 14.0. The molecule has 194 valence electrons. The van der Waals surface area contributed by atoms with Crippen LogP contribution >= 0.6 is 11.6 Å². The molecular formula is C18H29ClN4O9S2. The number of nitrogens with zero attached hydrogens (tertiary/aromatic N) is 3. The Hall–Kier alpha value is -1.59. The number of hydrogen-bond acceptors (Lipinski definition) is 11. The molecule has 1 aromatic rings. The van der Waals surface area contributed by atoms with E-state index in [9.17, 15) is 27.0 Å². The number of aliphatic hydroxyl groups is 2. The van der Waals surface area contributed by atoms with E-state index < -0.39 is 57.5 Å². The van der Waals surface area contributed by atoms with Crippen LogP contribution in [0.25, 0.3) is 5.03 Å². The van der Waals surface area contributed by atoms with Crippen molar-refractivity contribution in [3.8, 4) is 0 Å². The summed E-state index contributed by atoms with van der Waals surface area (Å²) in [6, 6.07) is 0. The van der Waals surface area contributed by atoms with Crippen molar-refractivity contribution in [3.63, 3.8) is 0 Å². The van der Waals surface area contributed by atoms with Crippen LogP contribution in [0.3, 0.4) is 0 Å². The molecule has 0 amide bonds. The fourth-order valence-corrected chi connectivity index (χ4v) is 4.17. The van der Waals surface area contributed by atoms with Crippen molar-refractivity contribution in [2.75, 3.05) is 32.8 Å². The van der Waals surface area contributed by atoms with Crippen LogP contribution in [0.1, 0.15) is 31.7 Å². The van der Waals surface area contributed by atoms with Crippen molar-refractivity contribution < 1.29 is 40.2 Å². The third-order valence-electron chi connectivity index (χ3n) is 4.86. The molecule has 13 nitrogen and oxygen atoms in total. The number of aliphatic hydroxyl groups excluding tert-OH is 2. The lowest BCUT2D eigenvalue weighted by atomic mass is 9.97. The van der Waals surface area contributed by atoms with Crippen LogP contribution in [0.2, 0.25) is 0 Å². The number of rotatable bonds is 11. The van der Waals surface area contributed by atoms with Gasteiger partial charge in [0.15, 0.2) is 12.0 Å². The van der Waals surface area contributed by atoms with Gasteiger partial charge in [0.25, 0.3) is 20.2 Å². The molecule has 1 aliphatic heterocycles. The van der Waals surface area contributed by atoms with E-state index >= 15 is 0 Å². The molecule has 2 heterocycles. The van der Waals surface area contributed by atoms with Gasteiger partial charge in [0.2, 0.25) is 0 Å². The van der Waals surface area contributed by atoms with E-state index in [1.165, 1.54) is 10.9 Å². The Bertz CT molecular complexity index is 1100. The van der Waals surface area contributed by atoms with Crippen molar-refractivity contribution >= 4 is 48.5 Å². The maximum absolute atomic E-state index is 11.6. The van der Waals surface area contributed by atoms with Gasteiger partial charge in [0, 0.05) is 13.5 Å². The predicted molar refractivity (Wildman–Crippen MR) is 125 cm³/mol. The monoisotopic (exact) mass is 544 g/mol. The average molecular weight is 545 g/mol. The molecule has 0 radical (unpaired) electrons. The van der Waals surface area contributed by atoms with Crippen molar-refractivity contribution in [1.82, 2.24) is 14.9 Å². The van der Waals surface area contributed by atoms with Crippen LogP contribution < -0.4 is 5.32 Å². The number of imidazole rings is 1. The number of hydrogen-bond donors (Lipinski definition) is 3. The zero-order chi connectivity index (χ0) is 25.9. The zero-order valence-electron chi connectivity index (χ0n) is 19.1. The Kier molecular flexibility index (Phi) is 9.26. The largest absolute Gasteiger partial charge is 0.387 e. The summed E-state index contributed by atoms with van der Waals surface area (Å²) in [5.41, 5.74) is -1.90. The van der Waals surface area contributed by atoms with E-state index in [1.54, 1.807) is 7.05 Å². The van der Waals surface area contributed by atoms with Crippen LogP contribution in [-0.4, -0.2) is 93.0 Å². The maximum atomic E-state index is 11.6. The highest BCUT2D eigenvalue weighted by atomic mass is 35.5. The van der Waals surface area contributed by atoms with Crippen LogP contribution in [0.5, 0.6) is 0 Å². The number of halogens is 1. The molecule has 34 heavy (non-hydrogen) atoms. The van der Waals surface area contributed by atoms with Crippen LogP contribution in [0.4, 0.5) is 5.82 Å². The van der Waals surface area contributed by atoms with Gasteiger partial charge in [-0.15, -0.1) is 0 Å². The van der Waals surface area contributed by atoms with E-state index in [2.05, 4.69) is 21.9 Å². The number of aliphatic imine (C=N–C) groups is 1. The molecule has 2 rings (SSSR count). The molecule has 0 bridgehead atoms. The summed E-state index contributed by atoms with van der Waals surface area (Å²) >= 11 is 6.07. The summed E-state index contributed by atoms with van der Waals surface area (Å²) in [7, 11) is -6.38. The maximum Gasteiger partial charge on any atom is 0.264 e. The van der Waals surface area contributed by atoms with Crippen molar-refractivity contribution in [3.05, 3.63) is 18.6 Å². The van der Waals surface area contributed by atoms with Gasteiger partial charge >= 0.3 is 0 Å². The SMILES string of the molecule is C=C(Cl)c1ncn([C@@H]2OC(COS(C)(=O)=O)(COS(C)(=O)=O)C(O)[C@@H]2O)c1/N=C(\CCC)NC. The predicted octanol–water partition coefficient (Wildman–Crippen LogP) is 0.0839. The summed E-state index contributed by atoms with van der Waals surface area (Å²) in [5, 5.41) is 24.6. The van der Waals surface area contributed by atoms with Gasteiger partial charge in [-0.25, -0.2) is 9.98 Å². The number of ether oxygens (including phenoxy) is 1. The third kappa shape index (κ3) is 6.97. The Balaban J connectivity index is 2.56. The molecular weight excluding hydrogens is 516 g/mol. The van der Waals surface area contributed by atoms with Gasteiger partial charge in [-0.1, -0.05) is 25.1 Å². The second kappa shape index (κ2) is 11.0. The highest BCUT2D eigenvalue weighted by molar-refractivity contribution is 7.86. The summed E-state index contributed by atoms with van der Waals surface area (Å²) in [5.74, 6) is 0.696. The lowest BCUT2D eigenvalue weighted by Gasteiger charge is -2.30. The Morgan fingerprint density at radius 2 is 1.85 bits per heavy atom. The minimum absolute atomic E-state index is 0.0459. The average Bonchev–Trinajstić information content (AvgIpc) is 3.24. The zero-order valence-corrected chi connectivity index (χ0v) is 21.5. The third-order valence-corrected chi connectivity index (χ3v) is 6.13. The van der Waals surface area contributed by atoms with Gasteiger partial charge in [0.1, 0.15) is 42.6 Å². The normalized spacial score (nSPS) is 23.3. The molecule has 3 N–H and O–H groups in total. The molecule has 3 atom stereocenters. The fraction of sp³-hybridized carbons (Fsp3) is 0.667. The smallest absolute Gasteiger partial charge is 0.264 e. The molecule has 1 unspecified atom stereocenters. The lowest BCUT2D eigenvalue weighted by molar-refractivity contribution is -0.138. The van der Waals surface area contributed by atoms with Crippen LogP contribution in [0.15, 0.2) is 17.9 Å². The molecule has 0 aliphatic carbocycles. The highest BCUT2D eigenvalue weighted by Gasteiger charge is 2.57. The van der Waals surface area contributed by atoms with Gasteiger partial charge < -0.3 is 20.3 Å². The highest BCUT2D eigenvalue weighted by Crippen LogP contribution is 2.41.